The number of halogens is 8. The fraction of sp³-hybridized carbons (Fsp3) is 0.360. The molecule has 41 heavy (non-hydrogen) atoms. The number of hydrogen-bond acceptors (Lipinski definition) is 5. The molecule has 16 heteroatoms. The number of amides is 3. The SMILES string of the molecule is CC(C)[C@H](NC(=O)C(NC(=O)COc1cc(Cl)cc(Cl)c1)c1ccc(F)cc1)C(=O)C(F)(F)C(=O)NCC(F)(F)F. The first-order valence-electron chi connectivity index (χ1n) is 11.6. The number of Topliss-reactive ketones (excluding diaryl/α,β-unsaturated/α-hetero) is 1. The van der Waals surface area contributed by atoms with Crippen LogP contribution in [0.3, 0.4) is 0 Å². The molecule has 0 fully saturated rings. The molecular weight excluding hydrogens is 607 g/mol. The molecule has 224 valence electrons. The number of alkyl halides is 5. The van der Waals surface area contributed by atoms with E-state index in [2.05, 4.69) is 5.32 Å². The number of ether oxygens (including phenoxy) is 1. The van der Waals surface area contributed by atoms with Crippen LogP contribution in [0, 0.1) is 11.7 Å². The predicted molar refractivity (Wildman–Crippen MR) is 135 cm³/mol. The van der Waals surface area contributed by atoms with E-state index in [4.69, 9.17) is 27.9 Å². The molecule has 2 aromatic carbocycles. The minimum atomic E-state index is -5.02. The van der Waals surface area contributed by atoms with Crippen LogP contribution in [-0.4, -0.2) is 54.8 Å². The van der Waals surface area contributed by atoms with E-state index in [0.29, 0.717) is 0 Å². The molecule has 0 aliphatic rings. The average molecular weight is 630 g/mol. The molecule has 0 heterocycles. The summed E-state index contributed by atoms with van der Waals surface area (Å²) >= 11 is 11.7. The highest BCUT2D eigenvalue weighted by Crippen LogP contribution is 2.25. The summed E-state index contributed by atoms with van der Waals surface area (Å²) < 4.78 is 84.9. The van der Waals surface area contributed by atoms with Crippen LogP contribution in [0.5, 0.6) is 5.75 Å². The normalized spacial score (nSPS) is 13.2. The highest BCUT2D eigenvalue weighted by atomic mass is 35.5. The lowest BCUT2D eigenvalue weighted by atomic mass is 9.94. The van der Waals surface area contributed by atoms with Crippen molar-refractivity contribution in [2.24, 2.45) is 5.92 Å². The summed E-state index contributed by atoms with van der Waals surface area (Å²) in [6, 6.07) is 4.40. The average Bonchev–Trinajstić information content (AvgIpc) is 2.86. The van der Waals surface area contributed by atoms with Crippen LogP contribution in [0.15, 0.2) is 42.5 Å². The van der Waals surface area contributed by atoms with Crippen LogP contribution >= 0.6 is 23.2 Å². The summed E-state index contributed by atoms with van der Waals surface area (Å²) in [5, 5.41) is 5.60. The molecule has 0 saturated heterocycles. The summed E-state index contributed by atoms with van der Waals surface area (Å²) in [6.07, 6.45) is -5.02. The van der Waals surface area contributed by atoms with Crippen molar-refractivity contribution in [3.63, 3.8) is 0 Å². The third-order valence-corrected chi connectivity index (χ3v) is 5.70. The number of carbonyl (C=O) groups is 4. The summed E-state index contributed by atoms with van der Waals surface area (Å²) in [7, 11) is 0. The molecule has 0 aliphatic carbocycles. The number of benzene rings is 2. The Hall–Kier alpha value is -3.52. The van der Waals surface area contributed by atoms with Gasteiger partial charge in [0.2, 0.25) is 11.7 Å². The molecule has 1 unspecified atom stereocenters. The molecule has 2 aromatic rings. The molecule has 0 radical (unpaired) electrons. The third kappa shape index (κ3) is 10.1. The molecule has 0 spiro atoms. The molecule has 2 rings (SSSR count). The number of carbonyl (C=O) groups excluding carboxylic acids is 4. The lowest BCUT2D eigenvalue weighted by Crippen LogP contribution is -2.58. The van der Waals surface area contributed by atoms with Crippen molar-refractivity contribution in [1.29, 1.82) is 0 Å². The molecule has 8 nitrogen and oxygen atoms in total. The zero-order valence-corrected chi connectivity index (χ0v) is 22.8. The third-order valence-electron chi connectivity index (χ3n) is 5.27. The van der Waals surface area contributed by atoms with Gasteiger partial charge in [-0.2, -0.15) is 22.0 Å². The van der Waals surface area contributed by atoms with Gasteiger partial charge in [-0.15, -0.1) is 0 Å². The molecule has 0 aromatic heterocycles. The Balaban J connectivity index is 2.25. The second-order valence-corrected chi connectivity index (χ2v) is 9.79. The van der Waals surface area contributed by atoms with E-state index in [9.17, 15) is 45.5 Å². The molecule has 0 bridgehead atoms. The number of nitrogens with one attached hydrogen (secondary N) is 3. The maximum Gasteiger partial charge on any atom is 0.405 e. The van der Waals surface area contributed by atoms with Crippen LogP contribution in [0.4, 0.5) is 26.3 Å². The topological polar surface area (TPSA) is 114 Å². The molecule has 3 N–H and O–H groups in total. The highest BCUT2D eigenvalue weighted by Gasteiger charge is 2.52. The fourth-order valence-electron chi connectivity index (χ4n) is 3.29. The lowest BCUT2D eigenvalue weighted by Gasteiger charge is -2.27. The van der Waals surface area contributed by atoms with Gasteiger partial charge in [0.25, 0.3) is 11.8 Å². The zero-order valence-electron chi connectivity index (χ0n) is 21.3. The second kappa shape index (κ2) is 13.9. The zero-order chi connectivity index (χ0) is 31.1. The second-order valence-electron chi connectivity index (χ2n) is 8.91. The Morgan fingerprint density at radius 3 is 1.98 bits per heavy atom. The summed E-state index contributed by atoms with van der Waals surface area (Å²) in [6.45, 7) is -0.356. The minimum absolute atomic E-state index is 0.0346. The smallest absolute Gasteiger partial charge is 0.405 e. The van der Waals surface area contributed by atoms with E-state index < -0.39 is 72.6 Å². The largest absolute Gasteiger partial charge is 0.484 e. The molecular formula is C25H23Cl2F6N3O5. The Kier molecular flexibility index (Phi) is 11.4. The van der Waals surface area contributed by atoms with E-state index in [0.717, 1.165) is 29.6 Å². The quantitative estimate of drug-likeness (QED) is 0.238. The number of rotatable bonds is 12. The van der Waals surface area contributed by atoms with Crippen molar-refractivity contribution >= 4 is 46.7 Å². The van der Waals surface area contributed by atoms with Crippen LogP contribution in [0.1, 0.15) is 25.5 Å². The van der Waals surface area contributed by atoms with Crippen molar-refractivity contribution in [3.05, 3.63) is 63.9 Å². The van der Waals surface area contributed by atoms with E-state index in [-0.39, 0.29) is 21.4 Å². The van der Waals surface area contributed by atoms with Gasteiger partial charge < -0.3 is 20.7 Å². The van der Waals surface area contributed by atoms with Gasteiger partial charge in [0, 0.05) is 10.0 Å². The van der Waals surface area contributed by atoms with Crippen molar-refractivity contribution in [2.45, 2.75) is 38.0 Å². The van der Waals surface area contributed by atoms with Gasteiger partial charge in [-0.05, 0) is 41.8 Å². The van der Waals surface area contributed by atoms with Gasteiger partial charge in [-0.3, -0.25) is 19.2 Å². The first-order chi connectivity index (χ1) is 18.9. The summed E-state index contributed by atoms with van der Waals surface area (Å²) in [5.41, 5.74) is -0.0346. The molecule has 3 amide bonds. The Labute approximate surface area is 239 Å². The van der Waals surface area contributed by atoms with Crippen molar-refractivity contribution in [2.75, 3.05) is 13.2 Å². The van der Waals surface area contributed by atoms with Crippen molar-refractivity contribution < 1.29 is 50.3 Å². The highest BCUT2D eigenvalue weighted by molar-refractivity contribution is 6.34. The summed E-state index contributed by atoms with van der Waals surface area (Å²) in [5.74, 6) is -13.5. The van der Waals surface area contributed by atoms with Crippen molar-refractivity contribution in [3.8, 4) is 5.75 Å². The lowest BCUT2D eigenvalue weighted by molar-refractivity contribution is -0.165. The maximum atomic E-state index is 14.5. The predicted octanol–water partition coefficient (Wildman–Crippen LogP) is 4.39. The summed E-state index contributed by atoms with van der Waals surface area (Å²) in [4.78, 5) is 50.0. The van der Waals surface area contributed by atoms with Gasteiger partial charge >= 0.3 is 12.1 Å². The number of hydrogen-bond donors (Lipinski definition) is 3. The van der Waals surface area contributed by atoms with E-state index >= 15 is 0 Å². The fourth-order valence-corrected chi connectivity index (χ4v) is 3.80. The van der Waals surface area contributed by atoms with Gasteiger partial charge in [0.05, 0.1) is 6.04 Å². The van der Waals surface area contributed by atoms with Gasteiger partial charge in [0.1, 0.15) is 24.2 Å². The van der Waals surface area contributed by atoms with Crippen molar-refractivity contribution in [1.82, 2.24) is 16.0 Å². The van der Waals surface area contributed by atoms with Gasteiger partial charge in [0.15, 0.2) is 6.61 Å². The first-order valence-corrected chi connectivity index (χ1v) is 12.4. The number of ketones is 1. The minimum Gasteiger partial charge on any atom is -0.484 e. The first kappa shape index (κ1) is 33.7. The monoisotopic (exact) mass is 629 g/mol. The van der Waals surface area contributed by atoms with E-state index in [1.807, 2.05) is 5.32 Å². The Morgan fingerprint density at radius 2 is 1.46 bits per heavy atom. The van der Waals surface area contributed by atoms with Crippen LogP contribution in [-0.2, 0) is 19.2 Å². The molecule has 2 atom stereocenters. The van der Waals surface area contributed by atoms with Crippen LogP contribution in [0.2, 0.25) is 10.0 Å². The van der Waals surface area contributed by atoms with Crippen LogP contribution < -0.4 is 20.7 Å². The maximum absolute atomic E-state index is 14.5. The Bertz CT molecular complexity index is 1260. The van der Waals surface area contributed by atoms with E-state index in [1.165, 1.54) is 32.0 Å². The van der Waals surface area contributed by atoms with Crippen LogP contribution in [0.25, 0.3) is 0 Å². The van der Waals surface area contributed by atoms with Gasteiger partial charge in [-0.1, -0.05) is 49.2 Å². The molecule has 0 aliphatic heterocycles. The standard InChI is InChI=1S/C25H23Cl2F6N3O5/c1-12(2)19(21(38)25(32,33)23(40)34-11-24(29,30)31)36-22(39)20(13-3-5-16(28)6-4-13)35-18(37)10-41-17-8-14(26)7-15(27)9-17/h3-9,12,19-20H,10-11H2,1-2H3,(H,34,40)(H,35,37)(H,36,39)/t19-,20?/m0/s1. The molecule has 0 saturated carbocycles. The van der Waals surface area contributed by atoms with E-state index in [1.54, 1.807) is 0 Å². The van der Waals surface area contributed by atoms with Gasteiger partial charge in [-0.25, -0.2) is 4.39 Å². The Morgan fingerprint density at radius 1 is 0.902 bits per heavy atom.